The first kappa shape index (κ1) is 13.8. The topological polar surface area (TPSA) is 48.1 Å². The van der Waals surface area contributed by atoms with Gasteiger partial charge >= 0.3 is 0 Å². The molecule has 98 valence electrons. The average molecular weight is 293 g/mol. The molecule has 0 amide bonds. The van der Waals surface area contributed by atoms with E-state index in [0.717, 1.165) is 17.0 Å². The van der Waals surface area contributed by atoms with Crippen LogP contribution in [0.1, 0.15) is 18.1 Å². The summed E-state index contributed by atoms with van der Waals surface area (Å²) in [7, 11) is 0. The molecule has 3 nitrogen and oxygen atoms in total. The summed E-state index contributed by atoms with van der Waals surface area (Å²) in [5, 5.41) is 0.727. The van der Waals surface area contributed by atoms with Crippen molar-refractivity contribution in [2.75, 3.05) is 0 Å². The van der Waals surface area contributed by atoms with Crippen molar-refractivity contribution >= 4 is 28.8 Å². The van der Waals surface area contributed by atoms with E-state index in [2.05, 4.69) is 4.98 Å². The van der Waals surface area contributed by atoms with Crippen molar-refractivity contribution in [3.05, 3.63) is 52.7 Å². The van der Waals surface area contributed by atoms with E-state index in [1.165, 1.54) is 0 Å². The third-order valence-electron chi connectivity index (χ3n) is 2.65. The van der Waals surface area contributed by atoms with E-state index in [9.17, 15) is 0 Å². The molecule has 0 spiro atoms. The predicted octanol–water partition coefficient (Wildman–Crippen LogP) is 3.72. The number of hydrogen-bond acceptors (Lipinski definition) is 3. The molecule has 1 aromatic heterocycles. The second-order valence-electron chi connectivity index (χ2n) is 3.93. The summed E-state index contributed by atoms with van der Waals surface area (Å²) < 4.78 is 5.73. The Morgan fingerprint density at radius 1 is 1.42 bits per heavy atom. The monoisotopic (exact) mass is 292 g/mol. The zero-order chi connectivity index (χ0) is 13.8. The van der Waals surface area contributed by atoms with Crippen molar-refractivity contribution in [2.45, 2.75) is 13.3 Å². The Labute approximate surface area is 122 Å². The Morgan fingerprint density at radius 3 is 2.89 bits per heavy atom. The highest BCUT2D eigenvalue weighted by Gasteiger charge is 2.09. The van der Waals surface area contributed by atoms with Crippen LogP contribution in [0.25, 0.3) is 0 Å². The molecule has 0 saturated heterocycles. The first-order chi connectivity index (χ1) is 9.11. The summed E-state index contributed by atoms with van der Waals surface area (Å²) >= 11 is 11.0. The van der Waals surface area contributed by atoms with Crippen LogP contribution in [0.4, 0.5) is 0 Å². The number of hydrogen-bond donors (Lipinski definition) is 1. The van der Waals surface area contributed by atoms with E-state index in [0.29, 0.717) is 17.2 Å². The minimum absolute atomic E-state index is 0.257. The van der Waals surface area contributed by atoms with Gasteiger partial charge in [-0.2, -0.15) is 0 Å². The lowest BCUT2D eigenvalue weighted by atomic mass is 10.1. The van der Waals surface area contributed by atoms with Crippen LogP contribution in [0.3, 0.4) is 0 Å². The van der Waals surface area contributed by atoms with Crippen molar-refractivity contribution < 1.29 is 4.74 Å². The average Bonchev–Trinajstić information content (AvgIpc) is 2.41. The van der Waals surface area contributed by atoms with Gasteiger partial charge < -0.3 is 10.5 Å². The molecule has 0 saturated carbocycles. The van der Waals surface area contributed by atoms with Gasteiger partial charge in [-0.25, -0.2) is 4.98 Å². The summed E-state index contributed by atoms with van der Waals surface area (Å²) in [6.07, 6.45) is 2.47. The molecule has 0 atom stereocenters. The number of ether oxygens (including phenoxy) is 1. The molecule has 0 radical (unpaired) electrons. The van der Waals surface area contributed by atoms with Gasteiger partial charge in [-0.3, -0.25) is 0 Å². The van der Waals surface area contributed by atoms with Crippen LogP contribution >= 0.6 is 23.8 Å². The van der Waals surface area contributed by atoms with Crippen LogP contribution < -0.4 is 10.5 Å². The zero-order valence-electron chi connectivity index (χ0n) is 10.4. The number of aromatic nitrogens is 1. The number of pyridine rings is 1. The van der Waals surface area contributed by atoms with Crippen molar-refractivity contribution in [2.24, 2.45) is 5.73 Å². The molecule has 5 heteroatoms. The van der Waals surface area contributed by atoms with Crippen LogP contribution in [-0.2, 0) is 6.42 Å². The summed E-state index contributed by atoms with van der Waals surface area (Å²) in [5.74, 6) is 1.07. The fourth-order valence-corrected chi connectivity index (χ4v) is 2.06. The minimum atomic E-state index is 0.257. The zero-order valence-corrected chi connectivity index (χ0v) is 12.0. The maximum absolute atomic E-state index is 6.07. The highest BCUT2D eigenvalue weighted by Crippen LogP contribution is 2.27. The van der Waals surface area contributed by atoms with Crippen molar-refractivity contribution in [3.8, 4) is 11.6 Å². The molecule has 0 aliphatic rings. The fourth-order valence-electron chi connectivity index (χ4n) is 1.66. The SMILES string of the molecule is CCc1cc(Oc2ncccc2C(N)=S)ccc1Cl. The molecule has 0 fully saturated rings. The largest absolute Gasteiger partial charge is 0.438 e. The number of aryl methyl sites for hydroxylation is 1. The molecule has 1 heterocycles. The summed E-state index contributed by atoms with van der Waals surface area (Å²) in [6.45, 7) is 2.03. The van der Waals surface area contributed by atoms with E-state index >= 15 is 0 Å². The number of thiocarbonyl (C=S) groups is 1. The van der Waals surface area contributed by atoms with Gasteiger partial charge in [-0.05, 0) is 42.3 Å². The van der Waals surface area contributed by atoms with E-state index < -0.39 is 0 Å². The first-order valence-corrected chi connectivity index (χ1v) is 6.61. The van der Waals surface area contributed by atoms with Gasteiger partial charge in [0.15, 0.2) is 0 Å². The Hall–Kier alpha value is -1.65. The van der Waals surface area contributed by atoms with Gasteiger partial charge in [0.2, 0.25) is 5.88 Å². The number of nitrogens with zero attached hydrogens (tertiary/aromatic N) is 1. The summed E-state index contributed by atoms with van der Waals surface area (Å²) in [5.41, 5.74) is 7.28. The van der Waals surface area contributed by atoms with Gasteiger partial charge in [0.25, 0.3) is 0 Å². The predicted molar refractivity (Wildman–Crippen MR) is 81.0 cm³/mol. The van der Waals surface area contributed by atoms with Crippen molar-refractivity contribution in [1.82, 2.24) is 4.98 Å². The van der Waals surface area contributed by atoms with Gasteiger partial charge in [0.05, 0.1) is 5.56 Å². The van der Waals surface area contributed by atoms with Crippen molar-refractivity contribution in [3.63, 3.8) is 0 Å². The third kappa shape index (κ3) is 3.22. The summed E-state index contributed by atoms with van der Waals surface area (Å²) in [4.78, 5) is 4.41. The molecule has 0 aliphatic carbocycles. The number of nitrogens with two attached hydrogens (primary N) is 1. The molecule has 2 aromatic rings. The minimum Gasteiger partial charge on any atom is -0.438 e. The highest BCUT2D eigenvalue weighted by molar-refractivity contribution is 7.80. The second kappa shape index (κ2) is 5.99. The second-order valence-corrected chi connectivity index (χ2v) is 4.78. The fraction of sp³-hybridized carbons (Fsp3) is 0.143. The molecule has 0 unspecified atom stereocenters. The summed E-state index contributed by atoms with van der Waals surface area (Å²) in [6, 6.07) is 9.03. The van der Waals surface area contributed by atoms with Crippen LogP contribution in [0.5, 0.6) is 11.6 Å². The molecular formula is C14H13ClN2OS. The first-order valence-electron chi connectivity index (χ1n) is 5.83. The van der Waals surface area contributed by atoms with Crippen molar-refractivity contribution in [1.29, 1.82) is 0 Å². The lowest BCUT2D eigenvalue weighted by Gasteiger charge is -2.10. The van der Waals surface area contributed by atoms with Crippen LogP contribution in [0, 0.1) is 0 Å². The number of rotatable bonds is 4. The van der Waals surface area contributed by atoms with E-state index in [-0.39, 0.29) is 4.99 Å². The van der Waals surface area contributed by atoms with E-state index in [1.807, 2.05) is 13.0 Å². The van der Waals surface area contributed by atoms with Gasteiger partial charge in [0, 0.05) is 11.2 Å². The Morgan fingerprint density at radius 2 is 2.21 bits per heavy atom. The van der Waals surface area contributed by atoms with Crippen LogP contribution in [0.2, 0.25) is 5.02 Å². The van der Waals surface area contributed by atoms with Gasteiger partial charge in [0.1, 0.15) is 10.7 Å². The maximum Gasteiger partial charge on any atom is 0.229 e. The Kier molecular flexibility index (Phi) is 4.35. The molecule has 1 aromatic carbocycles. The van der Waals surface area contributed by atoms with Gasteiger partial charge in [-0.1, -0.05) is 30.7 Å². The third-order valence-corrected chi connectivity index (χ3v) is 3.24. The standard InChI is InChI=1S/C14H13ClN2OS/c1-2-9-8-10(5-6-12(9)15)18-14-11(13(16)19)4-3-7-17-14/h3-8H,2H2,1H3,(H2,16,19). The molecule has 0 bridgehead atoms. The molecule has 19 heavy (non-hydrogen) atoms. The molecule has 2 rings (SSSR count). The lowest BCUT2D eigenvalue weighted by Crippen LogP contribution is -2.11. The number of benzene rings is 1. The van der Waals surface area contributed by atoms with Crippen LogP contribution in [-0.4, -0.2) is 9.97 Å². The smallest absolute Gasteiger partial charge is 0.229 e. The highest BCUT2D eigenvalue weighted by atomic mass is 35.5. The maximum atomic E-state index is 6.07. The van der Waals surface area contributed by atoms with E-state index in [1.54, 1.807) is 30.5 Å². The molecule has 2 N–H and O–H groups in total. The quantitative estimate of drug-likeness (QED) is 0.873. The normalized spacial score (nSPS) is 10.2. The Balaban J connectivity index is 2.34. The Bertz CT molecular complexity index is 616. The molecule has 0 aliphatic heterocycles. The molecular weight excluding hydrogens is 280 g/mol. The van der Waals surface area contributed by atoms with Gasteiger partial charge in [-0.15, -0.1) is 0 Å². The van der Waals surface area contributed by atoms with Crippen LogP contribution in [0.15, 0.2) is 36.5 Å². The lowest BCUT2D eigenvalue weighted by molar-refractivity contribution is 0.461. The van der Waals surface area contributed by atoms with E-state index in [4.69, 9.17) is 34.3 Å². The number of halogens is 1.